The Morgan fingerprint density at radius 1 is 0.966 bits per heavy atom. The van der Waals surface area contributed by atoms with E-state index in [9.17, 15) is 18.0 Å². The van der Waals surface area contributed by atoms with Gasteiger partial charge in [0.2, 0.25) is 10.0 Å². The monoisotopic (exact) mass is 413 g/mol. The van der Waals surface area contributed by atoms with E-state index in [2.05, 4.69) is 15.0 Å². The van der Waals surface area contributed by atoms with Gasteiger partial charge in [-0.15, -0.1) is 0 Å². The van der Waals surface area contributed by atoms with E-state index in [4.69, 9.17) is 0 Å². The molecule has 2 aromatic carbocycles. The molecule has 3 aromatic rings. The average molecular weight is 413 g/mol. The third kappa shape index (κ3) is 4.18. The van der Waals surface area contributed by atoms with Crippen molar-refractivity contribution in [2.75, 3.05) is 6.26 Å². The molecule has 0 atom stereocenters. The highest BCUT2D eigenvalue weighted by Gasteiger charge is 2.25. The number of H-pyrrole nitrogens is 1. The van der Waals surface area contributed by atoms with Crippen molar-refractivity contribution >= 4 is 37.7 Å². The van der Waals surface area contributed by atoms with Gasteiger partial charge in [0.05, 0.1) is 17.3 Å². The van der Waals surface area contributed by atoms with E-state index in [1.807, 2.05) is 18.2 Å². The fourth-order valence-corrected chi connectivity index (χ4v) is 4.90. The van der Waals surface area contributed by atoms with Crippen LogP contribution >= 0.6 is 0 Å². The maximum Gasteiger partial charge on any atom is 0.253 e. The van der Waals surface area contributed by atoms with Crippen LogP contribution in [0.5, 0.6) is 0 Å². The maximum absolute atomic E-state index is 12.9. The Kier molecular flexibility index (Phi) is 5.14. The zero-order valence-corrected chi connectivity index (χ0v) is 16.9. The van der Waals surface area contributed by atoms with E-state index in [0.717, 1.165) is 6.26 Å². The molecule has 1 fully saturated rings. The zero-order chi connectivity index (χ0) is 20.6. The quantitative estimate of drug-likeness (QED) is 0.570. The summed E-state index contributed by atoms with van der Waals surface area (Å²) < 4.78 is 25.4. The molecule has 1 saturated carbocycles. The SMILES string of the molecule is CS(=O)(=O)NC1CCC(NC(=O)c2cccc3c(=O)c4ccccc4[nH]c23)CC1. The van der Waals surface area contributed by atoms with Crippen LogP contribution in [0.4, 0.5) is 0 Å². The van der Waals surface area contributed by atoms with Crippen molar-refractivity contribution in [3.05, 3.63) is 58.3 Å². The van der Waals surface area contributed by atoms with Gasteiger partial charge in [0, 0.05) is 28.4 Å². The number of carbonyl (C=O) groups excluding carboxylic acids is 1. The minimum atomic E-state index is -3.22. The van der Waals surface area contributed by atoms with Crippen molar-refractivity contribution in [1.29, 1.82) is 0 Å². The fraction of sp³-hybridized carbons (Fsp3) is 0.333. The molecule has 0 bridgehead atoms. The molecule has 7 nitrogen and oxygen atoms in total. The van der Waals surface area contributed by atoms with E-state index in [-0.39, 0.29) is 23.4 Å². The number of carbonyl (C=O) groups is 1. The molecule has 152 valence electrons. The first kappa shape index (κ1) is 19.6. The molecule has 3 N–H and O–H groups in total. The molecule has 1 heterocycles. The molecule has 29 heavy (non-hydrogen) atoms. The van der Waals surface area contributed by atoms with Gasteiger partial charge in [0.15, 0.2) is 5.43 Å². The second-order valence-electron chi connectivity index (χ2n) is 7.64. The van der Waals surface area contributed by atoms with Crippen LogP contribution in [-0.2, 0) is 10.0 Å². The van der Waals surface area contributed by atoms with Gasteiger partial charge in [-0.05, 0) is 49.9 Å². The molecule has 8 heteroatoms. The van der Waals surface area contributed by atoms with Gasteiger partial charge in [-0.1, -0.05) is 18.2 Å². The Bertz CT molecular complexity index is 1240. The number of amides is 1. The summed E-state index contributed by atoms with van der Waals surface area (Å²) in [6.07, 6.45) is 3.90. The number of hydrogen-bond acceptors (Lipinski definition) is 4. The number of hydrogen-bond donors (Lipinski definition) is 3. The number of pyridine rings is 1. The average Bonchev–Trinajstić information content (AvgIpc) is 2.68. The number of aromatic nitrogens is 1. The Labute approximate surface area is 168 Å². The lowest BCUT2D eigenvalue weighted by Crippen LogP contribution is -2.43. The molecule has 1 aliphatic rings. The highest BCUT2D eigenvalue weighted by Crippen LogP contribution is 2.22. The summed E-state index contributed by atoms with van der Waals surface area (Å²) in [5.74, 6) is -0.235. The lowest BCUT2D eigenvalue weighted by Gasteiger charge is -2.29. The van der Waals surface area contributed by atoms with E-state index in [1.165, 1.54) is 0 Å². The Morgan fingerprint density at radius 3 is 2.34 bits per heavy atom. The van der Waals surface area contributed by atoms with Crippen molar-refractivity contribution in [3.8, 4) is 0 Å². The largest absolute Gasteiger partial charge is 0.354 e. The summed E-state index contributed by atoms with van der Waals surface area (Å²) in [5, 5.41) is 4.12. The van der Waals surface area contributed by atoms with E-state index < -0.39 is 10.0 Å². The number of fused-ring (bicyclic) bond motifs is 2. The number of sulfonamides is 1. The standard InChI is InChI=1S/C21H23N3O4S/c1-29(27,28)24-14-11-9-13(10-12-14)22-21(26)17-7-4-6-16-19(17)23-18-8-3-2-5-15(18)20(16)25/h2-8,13-14,24H,9-12H2,1H3,(H,22,26)(H,23,25). The number of benzene rings is 2. The van der Waals surface area contributed by atoms with E-state index in [0.29, 0.717) is 53.1 Å². The van der Waals surface area contributed by atoms with Crippen molar-refractivity contribution in [3.63, 3.8) is 0 Å². The first-order valence-electron chi connectivity index (χ1n) is 9.64. The van der Waals surface area contributed by atoms with Crippen molar-refractivity contribution in [2.45, 2.75) is 37.8 Å². The third-order valence-corrected chi connectivity index (χ3v) is 6.19. The first-order valence-corrected chi connectivity index (χ1v) is 11.5. The van der Waals surface area contributed by atoms with Crippen molar-refractivity contribution in [1.82, 2.24) is 15.0 Å². The molecule has 4 rings (SSSR count). The lowest BCUT2D eigenvalue weighted by molar-refractivity contribution is 0.0926. The summed E-state index contributed by atoms with van der Waals surface area (Å²) in [6, 6.07) is 12.3. The smallest absolute Gasteiger partial charge is 0.253 e. The number of aromatic amines is 1. The molecular formula is C21H23N3O4S. The molecule has 0 saturated heterocycles. The number of nitrogens with one attached hydrogen (secondary N) is 3. The van der Waals surface area contributed by atoms with Crippen molar-refractivity contribution < 1.29 is 13.2 Å². The lowest BCUT2D eigenvalue weighted by atomic mass is 9.91. The summed E-state index contributed by atoms with van der Waals surface area (Å²) in [4.78, 5) is 29.0. The zero-order valence-electron chi connectivity index (χ0n) is 16.1. The highest BCUT2D eigenvalue weighted by molar-refractivity contribution is 7.88. The van der Waals surface area contributed by atoms with Gasteiger partial charge in [0.1, 0.15) is 0 Å². The van der Waals surface area contributed by atoms with E-state index in [1.54, 1.807) is 24.3 Å². The number of rotatable bonds is 4. The molecule has 0 spiro atoms. The second kappa shape index (κ2) is 7.61. The van der Waals surface area contributed by atoms with Gasteiger partial charge in [0.25, 0.3) is 5.91 Å². The van der Waals surface area contributed by atoms with Gasteiger partial charge in [-0.3, -0.25) is 9.59 Å². The summed E-state index contributed by atoms with van der Waals surface area (Å²) in [5.41, 5.74) is 1.55. The minimum absolute atomic E-state index is 0.0254. The molecule has 1 aliphatic carbocycles. The summed E-state index contributed by atoms with van der Waals surface area (Å²) >= 11 is 0. The minimum Gasteiger partial charge on any atom is -0.354 e. The molecular weight excluding hydrogens is 390 g/mol. The summed E-state index contributed by atoms with van der Waals surface area (Å²) in [6.45, 7) is 0. The predicted octanol–water partition coefficient (Wildman–Crippen LogP) is 2.27. The van der Waals surface area contributed by atoms with Crippen LogP contribution in [0.25, 0.3) is 21.8 Å². The molecule has 1 amide bonds. The Balaban J connectivity index is 1.56. The molecule has 0 aliphatic heterocycles. The summed E-state index contributed by atoms with van der Waals surface area (Å²) in [7, 11) is -3.22. The van der Waals surface area contributed by atoms with Crippen LogP contribution in [0.15, 0.2) is 47.3 Å². The van der Waals surface area contributed by atoms with Crippen LogP contribution in [0, 0.1) is 0 Å². The van der Waals surface area contributed by atoms with Crippen LogP contribution < -0.4 is 15.5 Å². The van der Waals surface area contributed by atoms with Crippen LogP contribution in [0.2, 0.25) is 0 Å². The normalized spacial score (nSPS) is 20.0. The maximum atomic E-state index is 12.9. The van der Waals surface area contributed by atoms with E-state index >= 15 is 0 Å². The van der Waals surface area contributed by atoms with Crippen LogP contribution in [0.1, 0.15) is 36.0 Å². The van der Waals surface area contributed by atoms with Gasteiger partial charge < -0.3 is 10.3 Å². The van der Waals surface area contributed by atoms with Crippen LogP contribution in [0.3, 0.4) is 0 Å². The highest BCUT2D eigenvalue weighted by atomic mass is 32.2. The third-order valence-electron chi connectivity index (χ3n) is 5.43. The van der Waals surface area contributed by atoms with Crippen molar-refractivity contribution in [2.24, 2.45) is 0 Å². The molecule has 0 unspecified atom stereocenters. The first-order chi connectivity index (χ1) is 13.8. The Morgan fingerprint density at radius 2 is 1.62 bits per heavy atom. The second-order valence-corrected chi connectivity index (χ2v) is 9.42. The van der Waals surface area contributed by atoms with Gasteiger partial charge in [-0.25, -0.2) is 13.1 Å². The predicted molar refractivity (Wildman–Crippen MR) is 114 cm³/mol. The Hall–Kier alpha value is -2.71. The molecule has 1 aromatic heterocycles. The van der Waals surface area contributed by atoms with Gasteiger partial charge >= 0.3 is 0 Å². The number of para-hydroxylation sites is 2. The molecule has 0 radical (unpaired) electrons. The van der Waals surface area contributed by atoms with Crippen LogP contribution in [-0.4, -0.2) is 37.6 Å². The fourth-order valence-electron chi connectivity index (χ4n) is 4.06. The van der Waals surface area contributed by atoms with Gasteiger partial charge in [-0.2, -0.15) is 0 Å². The topological polar surface area (TPSA) is 108 Å².